The van der Waals surface area contributed by atoms with Gasteiger partial charge in [0.25, 0.3) is 5.78 Å². The summed E-state index contributed by atoms with van der Waals surface area (Å²) in [7, 11) is 0. The number of likely N-dealkylation sites (tertiary alicyclic amines) is 1. The van der Waals surface area contributed by atoms with Crippen molar-refractivity contribution in [3.63, 3.8) is 0 Å². The Balaban J connectivity index is 1.81. The molecule has 1 saturated heterocycles. The van der Waals surface area contributed by atoms with Crippen LogP contribution in [0.2, 0.25) is 0 Å². The number of carbonyl (C=O) groups is 2. The number of rotatable bonds is 2. The Morgan fingerprint density at radius 1 is 1.30 bits per heavy atom. The molecule has 0 aliphatic carbocycles. The highest BCUT2D eigenvalue weighted by molar-refractivity contribution is 6.52. The Hall–Kier alpha value is -1.75. The summed E-state index contributed by atoms with van der Waals surface area (Å²) >= 11 is 0. The topological polar surface area (TPSA) is 40.6 Å². The monoisotopic (exact) mass is 276 g/mol. The van der Waals surface area contributed by atoms with Crippen molar-refractivity contribution in [1.29, 1.82) is 0 Å². The first-order valence-electron chi connectivity index (χ1n) is 6.84. The number of alkyl halides is 1. The average molecular weight is 276 g/mol. The SMILES string of the molecule is CC1(F)CCCN(CN2C(=O)C(=O)c3ccccc32)C1. The second kappa shape index (κ2) is 4.66. The zero-order valence-electron chi connectivity index (χ0n) is 11.4. The first-order valence-corrected chi connectivity index (χ1v) is 6.84. The quantitative estimate of drug-likeness (QED) is 0.776. The molecule has 3 rings (SSSR count). The largest absolute Gasteiger partial charge is 0.300 e. The molecule has 1 fully saturated rings. The maximum absolute atomic E-state index is 14.1. The van der Waals surface area contributed by atoms with Crippen molar-refractivity contribution in [1.82, 2.24) is 4.90 Å². The van der Waals surface area contributed by atoms with Gasteiger partial charge in [0.15, 0.2) is 0 Å². The highest BCUT2D eigenvalue weighted by Gasteiger charge is 2.38. The van der Waals surface area contributed by atoms with E-state index in [2.05, 4.69) is 0 Å². The molecule has 20 heavy (non-hydrogen) atoms. The number of Topliss-reactive ketones (excluding diaryl/α,β-unsaturated/α-hetero) is 1. The van der Waals surface area contributed by atoms with Crippen molar-refractivity contribution in [2.45, 2.75) is 25.4 Å². The lowest BCUT2D eigenvalue weighted by Crippen LogP contribution is -2.49. The third-order valence-electron chi connectivity index (χ3n) is 3.95. The number of nitrogens with zero attached hydrogens (tertiary/aromatic N) is 2. The predicted molar refractivity (Wildman–Crippen MR) is 73.4 cm³/mol. The van der Waals surface area contributed by atoms with Gasteiger partial charge in [0.1, 0.15) is 5.67 Å². The van der Waals surface area contributed by atoms with Gasteiger partial charge in [-0.1, -0.05) is 12.1 Å². The van der Waals surface area contributed by atoms with Gasteiger partial charge >= 0.3 is 5.91 Å². The minimum atomic E-state index is -1.22. The summed E-state index contributed by atoms with van der Waals surface area (Å²) in [5.74, 6) is -0.988. The van der Waals surface area contributed by atoms with E-state index in [9.17, 15) is 14.0 Å². The second-order valence-corrected chi connectivity index (χ2v) is 5.79. The number of piperidine rings is 1. The minimum Gasteiger partial charge on any atom is -0.291 e. The van der Waals surface area contributed by atoms with Crippen LogP contribution in [0.5, 0.6) is 0 Å². The lowest BCUT2D eigenvalue weighted by molar-refractivity contribution is -0.114. The zero-order chi connectivity index (χ0) is 14.3. The standard InChI is InChI=1S/C15H17FN2O2/c1-15(16)7-4-8-17(9-15)10-18-12-6-3-2-5-11(12)13(19)14(18)20/h2-3,5-6H,4,7-10H2,1H3. The smallest absolute Gasteiger partial charge is 0.291 e. The molecule has 0 aromatic heterocycles. The molecule has 0 bridgehead atoms. The molecule has 1 aromatic rings. The molecule has 5 heteroatoms. The molecule has 4 nitrogen and oxygen atoms in total. The number of halogens is 1. The lowest BCUT2D eigenvalue weighted by atomic mass is 9.97. The normalized spacial score (nSPS) is 27.0. The van der Waals surface area contributed by atoms with Gasteiger partial charge in [0.05, 0.1) is 17.9 Å². The first kappa shape index (κ1) is 13.2. The minimum absolute atomic E-state index is 0.279. The zero-order valence-corrected chi connectivity index (χ0v) is 11.4. The summed E-state index contributed by atoms with van der Waals surface area (Å²) < 4.78 is 14.1. The van der Waals surface area contributed by atoms with Crippen molar-refractivity contribution in [2.75, 3.05) is 24.7 Å². The maximum Gasteiger partial charge on any atom is 0.300 e. The van der Waals surface area contributed by atoms with E-state index in [1.165, 1.54) is 4.90 Å². The lowest BCUT2D eigenvalue weighted by Gasteiger charge is -2.37. The second-order valence-electron chi connectivity index (χ2n) is 5.79. The number of carbonyl (C=O) groups excluding carboxylic acids is 2. The van der Waals surface area contributed by atoms with E-state index in [1.807, 2.05) is 4.90 Å². The van der Waals surface area contributed by atoms with E-state index in [0.717, 1.165) is 13.0 Å². The Morgan fingerprint density at radius 3 is 2.80 bits per heavy atom. The van der Waals surface area contributed by atoms with E-state index in [0.29, 0.717) is 24.2 Å². The van der Waals surface area contributed by atoms with Crippen molar-refractivity contribution in [2.24, 2.45) is 0 Å². The van der Waals surface area contributed by atoms with Gasteiger partial charge in [0, 0.05) is 13.1 Å². The predicted octanol–water partition coefficient (Wildman–Crippen LogP) is 2.00. The number of benzene rings is 1. The van der Waals surface area contributed by atoms with Crippen LogP contribution >= 0.6 is 0 Å². The molecule has 2 aliphatic heterocycles. The third kappa shape index (κ3) is 2.22. The molecule has 0 radical (unpaired) electrons. The van der Waals surface area contributed by atoms with Crippen molar-refractivity contribution >= 4 is 17.4 Å². The molecule has 2 heterocycles. The molecular formula is C15H17FN2O2. The van der Waals surface area contributed by atoms with Gasteiger partial charge in [-0.2, -0.15) is 0 Å². The molecule has 1 atom stereocenters. The van der Waals surface area contributed by atoms with Crippen LogP contribution in [0.15, 0.2) is 24.3 Å². The summed E-state index contributed by atoms with van der Waals surface area (Å²) in [6.45, 7) is 2.91. The van der Waals surface area contributed by atoms with E-state index in [1.54, 1.807) is 31.2 Å². The molecule has 1 amide bonds. The first-order chi connectivity index (χ1) is 9.48. The fraction of sp³-hybridized carbons (Fsp3) is 0.467. The molecule has 0 spiro atoms. The summed E-state index contributed by atoms with van der Waals surface area (Å²) in [6.07, 6.45) is 1.32. The van der Waals surface area contributed by atoms with Crippen LogP contribution in [0.3, 0.4) is 0 Å². The van der Waals surface area contributed by atoms with E-state index < -0.39 is 17.4 Å². The van der Waals surface area contributed by atoms with Gasteiger partial charge in [-0.15, -0.1) is 0 Å². The fourth-order valence-electron chi connectivity index (χ4n) is 3.00. The molecular weight excluding hydrogens is 259 g/mol. The van der Waals surface area contributed by atoms with Crippen LogP contribution in [0.4, 0.5) is 10.1 Å². The molecule has 2 aliphatic rings. The Morgan fingerprint density at radius 2 is 2.05 bits per heavy atom. The summed E-state index contributed by atoms with van der Waals surface area (Å²) in [6, 6.07) is 6.96. The van der Waals surface area contributed by atoms with Crippen molar-refractivity contribution < 1.29 is 14.0 Å². The third-order valence-corrected chi connectivity index (χ3v) is 3.95. The summed E-state index contributed by atoms with van der Waals surface area (Å²) in [4.78, 5) is 27.3. The molecule has 1 unspecified atom stereocenters. The Kier molecular flexibility index (Phi) is 3.09. The highest BCUT2D eigenvalue weighted by Crippen LogP contribution is 2.30. The van der Waals surface area contributed by atoms with Crippen LogP contribution in [-0.2, 0) is 4.79 Å². The van der Waals surface area contributed by atoms with Crippen molar-refractivity contribution in [3.05, 3.63) is 29.8 Å². The fourth-order valence-corrected chi connectivity index (χ4v) is 3.00. The van der Waals surface area contributed by atoms with E-state index in [4.69, 9.17) is 0 Å². The number of para-hydroxylation sites is 1. The van der Waals surface area contributed by atoms with E-state index >= 15 is 0 Å². The number of hydrogen-bond acceptors (Lipinski definition) is 3. The Labute approximate surface area is 117 Å². The summed E-state index contributed by atoms with van der Waals surface area (Å²) in [5, 5.41) is 0. The molecule has 106 valence electrons. The summed E-state index contributed by atoms with van der Waals surface area (Å²) in [5.41, 5.74) is -0.143. The van der Waals surface area contributed by atoms with Crippen LogP contribution < -0.4 is 4.90 Å². The van der Waals surface area contributed by atoms with Gasteiger partial charge in [0.2, 0.25) is 0 Å². The van der Waals surface area contributed by atoms with Crippen molar-refractivity contribution in [3.8, 4) is 0 Å². The molecule has 0 N–H and O–H groups in total. The van der Waals surface area contributed by atoms with E-state index in [-0.39, 0.29) is 6.67 Å². The van der Waals surface area contributed by atoms with Crippen LogP contribution in [-0.4, -0.2) is 42.0 Å². The Bertz CT molecular complexity index is 571. The van der Waals surface area contributed by atoms with Gasteiger partial charge in [-0.05, 0) is 31.9 Å². The van der Waals surface area contributed by atoms with Gasteiger partial charge < -0.3 is 0 Å². The van der Waals surface area contributed by atoms with Gasteiger partial charge in [-0.25, -0.2) is 4.39 Å². The average Bonchev–Trinajstić information content (AvgIpc) is 2.64. The molecule has 1 aromatic carbocycles. The van der Waals surface area contributed by atoms with Gasteiger partial charge in [-0.3, -0.25) is 19.4 Å². The number of anilines is 1. The maximum atomic E-state index is 14.1. The molecule has 0 saturated carbocycles. The van der Waals surface area contributed by atoms with Crippen LogP contribution in [0.1, 0.15) is 30.1 Å². The number of fused-ring (bicyclic) bond motifs is 1. The van der Waals surface area contributed by atoms with Crippen LogP contribution in [0, 0.1) is 0 Å². The number of amides is 1. The number of hydrogen-bond donors (Lipinski definition) is 0. The number of ketones is 1. The highest BCUT2D eigenvalue weighted by atomic mass is 19.1. The van der Waals surface area contributed by atoms with Crippen LogP contribution in [0.25, 0.3) is 0 Å².